The predicted octanol–water partition coefficient (Wildman–Crippen LogP) is 4.21. The highest BCUT2D eigenvalue weighted by Crippen LogP contribution is 2.32. The van der Waals surface area contributed by atoms with Gasteiger partial charge < -0.3 is 4.90 Å². The van der Waals surface area contributed by atoms with Gasteiger partial charge in [-0.3, -0.25) is 4.79 Å². The molecule has 4 rings (SSSR count). The number of hydrogen-bond donors (Lipinski definition) is 1. The molecule has 0 bridgehead atoms. The number of carbonyl (C=O) groups is 1. The van der Waals surface area contributed by atoms with E-state index in [9.17, 15) is 13.2 Å². The number of para-hydroxylation sites is 1. The highest BCUT2D eigenvalue weighted by molar-refractivity contribution is 7.89. The van der Waals surface area contributed by atoms with E-state index in [2.05, 4.69) is 17.7 Å². The molecule has 5 nitrogen and oxygen atoms in total. The Morgan fingerprint density at radius 1 is 1.03 bits per heavy atom. The van der Waals surface area contributed by atoms with E-state index in [0.29, 0.717) is 17.7 Å². The number of nitrogens with one attached hydrogen (secondary N) is 1. The van der Waals surface area contributed by atoms with Crippen LogP contribution < -0.4 is 9.62 Å². The highest BCUT2D eigenvalue weighted by Gasteiger charge is 2.30. The lowest BCUT2D eigenvalue weighted by atomic mass is 9.96. The van der Waals surface area contributed by atoms with E-state index in [1.807, 2.05) is 35.2 Å². The lowest BCUT2D eigenvalue weighted by Gasteiger charge is -2.23. The molecule has 160 valence electrons. The molecule has 0 saturated heterocycles. The summed E-state index contributed by atoms with van der Waals surface area (Å²) in [5, 5.41) is 0. The molecule has 1 amide bonds. The van der Waals surface area contributed by atoms with Crippen molar-refractivity contribution in [1.82, 2.24) is 4.72 Å². The number of rotatable bonds is 6. The molecule has 30 heavy (non-hydrogen) atoms. The summed E-state index contributed by atoms with van der Waals surface area (Å²) in [4.78, 5) is 15.1. The minimum atomic E-state index is -3.49. The van der Waals surface area contributed by atoms with Crippen LogP contribution >= 0.6 is 0 Å². The van der Waals surface area contributed by atoms with E-state index in [0.717, 1.165) is 43.4 Å². The number of fused-ring (bicyclic) bond motifs is 1. The van der Waals surface area contributed by atoms with E-state index < -0.39 is 10.0 Å². The number of amides is 1. The summed E-state index contributed by atoms with van der Waals surface area (Å²) in [5.41, 5.74) is 3.21. The molecule has 0 radical (unpaired) electrons. The average Bonchev–Trinajstić information content (AvgIpc) is 3.08. The Kier molecular flexibility index (Phi) is 6.25. The van der Waals surface area contributed by atoms with Crippen LogP contribution in [-0.2, 0) is 27.7 Å². The van der Waals surface area contributed by atoms with Crippen molar-refractivity contribution in [2.75, 3.05) is 4.90 Å². The standard InChI is InChI=1S/C24H30N2O3S/c1-18-17-20-7-5-6-10-23(20)26(18)24(27)16-13-19-11-14-22(15-12-19)30(28,29)25-21-8-3-2-4-9-21/h5-7,10-12,14-15,18,21,25H,2-4,8-9,13,16-17H2,1H3. The smallest absolute Gasteiger partial charge is 0.240 e. The summed E-state index contributed by atoms with van der Waals surface area (Å²) in [5.74, 6) is 0.114. The monoisotopic (exact) mass is 426 g/mol. The largest absolute Gasteiger partial charge is 0.309 e. The molecule has 0 aromatic heterocycles. The average molecular weight is 427 g/mol. The van der Waals surface area contributed by atoms with Gasteiger partial charge in [0, 0.05) is 24.2 Å². The maximum atomic E-state index is 12.9. The van der Waals surface area contributed by atoms with Gasteiger partial charge in [-0.1, -0.05) is 49.6 Å². The zero-order valence-electron chi connectivity index (χ0n) is 17.5. The van der Waals surface area contributed by atoms with Gasteiger partial charge in [0.05, 0.1) is 4.90 Å². The summed E-state index contributed by atoms with van der Waals surface area (Å²) >= 11 is 0. The van der Waals surface area contributed by atoms with Crippen LogP contribution in [0.15, 0.2) is 53.4 Å². The van der Waals surface area contributed by atoms with E-state index in [4.69, 9.17) is 0 Å². The fourth-order valence-electron chi connectivity index (χ4n) is 4.66. The predicted molar refractivity (Wildman–Crippen MR) is 119 cm³/mol. The van der Waals surface area contributed by atoms with Crippen molar-refractivity contribution < 1.29 is 13.2 Å². The number of anilines is 1. The fraction of sp³-hybridized carbons (Fsp3) is 0.458. The van der Waals surface area contributed by atoms with Gasteiger partial charge in [0.2, 0.25) is 15.9 Å². The zero-order chi connectivity index (χ0) is 21.1. The Morgan fingerprint density at radius 3 is 2.47 bits per heavy atom. The van der Waals surface area contributed by atoms with Crippen molar-refractivity contribution in [3.63, 3.8) is 0 Å². The van der Waals surface area contributed by atoms with Crippen molar-refractivity contribution in [2.24, 2.45) is 0 Å². The normalized spacial score (nSPS) is 19.6. The van der Waals surface area contributed by atoms with Gasteiger partial charge >= 0.3 is 0 Å². The van der Waals surface area contributed by atoms with Crippen LogP contribution in [0.1, 0.15) is 56.6 Å². The summed E-state index contributed by atoms with van der Waals surface area (Å²) in [6.45, 7) is 2.08. The van der Waals surface area contributed by atoms with Crippen LogP contribution in [0.4, 0.5) is 5.69 Å². The Morgan fingerprint density at radius 2 is 1.73 bits per heavy atom. The van der Waals surface area contributed by atoms with Crippen LogP contribution in [0.5, 0.6) is 0 Å². The second-order valence-corrected chi connectivity index (χ2v) is 10.3. The van der Waals surface area contributed by atoms with Crippen molar-refractivity contribution in [3.05, 3.63) is 59.7 Å². The third-order valence-electron chi connectivity index (χ3n) is 6.26. The molecule has 1 aliphatic heterocycles. The van der Waals surface area contributed by atoms with E-state index in [-0.39, 0.29) is 18.0 Å². The van der Waals surface area contributed by atoms with Crippen LogP contribution in [0.25, 0.3) is 0 Å². The van der Waals surface area contributed by atoms with Gasteiger partial charge in [0.25, 0.3) is 0 Å². The van der Waals surface area contributed by atoms with Crippen LogP contribution in [0, 0.1) is 0 Å². The molecule has 1 aliphatic carbocycles. The molecule has 1 fully saturated rings. The minimum absolute atomic E-state index is 0.0476. The Bertz CT molecular complexity index is 995. The molecule has 2 aromatic carbocycles. The number of benzene rings is 2. The highest BCUT2D eigenvalue weighted by atomic mass is 32.2. The van der Waals surface area contributed by atoms with Crippen molar-refractivity contribution >= 4 is 21.6 Å². The molecule has 0 spiro atoms. The SMILES string of the molecule is CC1Cc2ccccc2N1C(=O)CCc1ccc(S(=O)(=O)NC2CCCCC2)cc1. The molecule has 2 aliphatic rings. The van der Waals surface area contributed by atoms with Crippen molar-refractivity contribution in [1.29, 1.82) is 0 Å². The number of aryl methyl sites for hydroxylation is 1. The Balaban J connectivity index is 1.36. The van der Waals surface area contributed by atoms with Crippen LogP contribution in [-0.4, -0.2) is 26.4 Å². The summed E-state index contributed by atoms with van der Waals surface area (Å²) in [7, 11) is -3.49. The summed E-state index contributed by atoms with van der Waals surface area (Å²) < 4.78 is 28.1. The molecule has 2 aromatic rings. The van der Waals surface area contributed by atoms with Crippen molar-refractivity contribution in [3.8, 4) is 0 Å². The lowest BCUT2D eigenvalue weighted by Crippen LogP contribution is -2.36. The van der Waals surface area contributed by atoms with Gasteiger partial charge in [-0.25, -0.2) is 13.1 Å². The first kappa shape index (κ1) is 21.1. The molecule has 6 heteroatoms. The van der Waals surface area contributed by atoms with Crippen LogP contribution in [0.3, 0.4) is 0 Å². The maximum absolute atomic E-state index is 12.9. The molecule has 1 atom stereocenters. The van der Waals surface area contributed by atoms with E-state index in [1.165, 1.54) is 12.0 Å². The maximum Gasteiger partial charge on any atom is 0.240 e. The minimum Gasteiger partial charge on any atom is -0.309 e. The van der Waals surface area contributed by atoms with Gasteiger partial charge in [-0.15, -0.1) is 0 Å². The molecular formula is C24H30N2O3S. The summed E-state index contributed by atoms with van der Waals surface area (Å²) in [6, 6.07) is 15.2. The Hall–Kier alpha value is -2.18. The van der Waals surface area contributed by atoms with Gasteiger partial charge in [0.1, 0.15) is 0 Å². The number of hydrogen-bond acceptors (Lipinski definition) is 3. The first-order valence-corrected chi connectivity index (χ1v) is 12.4. The first-order chi connectivity index (χ1) is 14.4. The second kappa shape index (κ2) is 8.90. The van der Waals surface area contributed by atoms with Crippen molar-refractivity contribution in [2.45, 2.75) is 75.3 Å². The van der Waals surface area contributed by atoms with Gasteiger partial charge in [-0.05, 0) is 61.9 Å². The van der Waals surface area contributed by atoms with Crippen LogP contribution in [0.2, 0.25) is 0 Å². The second-order valence-electron chi connectivity index (χ2n) is 8.55. The molecule has 1 saturated carbocycles. The topological polar surface area (TPSA) is 66.5 Å². The number of nitrogens with zero attached hydrogens (tertiary/aromatic N) is 1. The third kappa shape index (κ3) is 4.60. The zero-order valence-corrected chi connectivity index (χ0v) is 18.3. The Labute approximate surface area is 179 Å². The fourth-order valence-corrected chi connectivity index (χ4v) is 5.97. The number of carbonyl (C=O) groups excluding carboxylic acids is 1. The molecule has 1 N–H and O–H groups in total. The summed E-state index contributed by atoms with van der Waals surface area (Å²) in [6.07, 6.45) is 7.08. The first-order valence-electron chi connectivity index (χ1n) is 11.0. The molecular weight excluding hydrogens is 396 g/mol. The van der Waals surface area contributed by atoms with Gasteiger partial charge in [0.15, 0.2) is 0 Å². The van der Waals surface area contributed by atoms with E-state index in [1.54, 1.807) is 12.1 Å². The number of sulfonamides is 1. The van der Waals surface area contributed by atoms with E-state index >= 15 is 0 Å². The van der Waals surface area contributed by atoms with Gasteiger partial charge in [-0.2, -0.15) is 0 Å². The lowest BCUT2D eigenvalue weighted by molar-refractivity contribution is -0.118. The third-order valence-corrected chi connectivity index (χ3v) is 7.80. The molecule has 1 unspecified atom stereocenters. The molecule has 1 heterocycles. The quantitative estimate of drug-likeness (QED) is 0.752.